The van der Waals surface area contributed by atoms with E-state index in [2.05, 4.69) is 22.0 Å². The minimum absolute atomic E-state index is 0.237. The van der Waals surface area contributed by atoms with E-state index in [0.29, 0.717) is 5.91 Å². The molecular formula is C15H27N3O. The third-order valence-corrected chi connectivity index (χ3v) is 5.13. The monoisotopic (exact) mass is 265 g/mol. The number of nitrogens with one attached hydrogen (secondary N) is 1. The van der Waals surface area contributed by atoms with Crippen LogP contribution in [0.25, 0.3) is 0 Å². The van der Waals surface area contributed by atoms with E-state index in [-0.39, 0.29) is 5.54 Å². The molecule has 2 saturated heterocycles. The fourth-order valence-electron chi connectivity index (χ4n) is 3.54. The van der Waals surface area contributed by atoms with Gasteiger partial charge in [-0.2, -0.15) is 0 Å². The van der Waals surface area contributed by atoms with Crippen LogP contribution in [0.1, 0.15) is 39.0 Å². The van der Waals surface area contributed by atoms with Crippen LogP contribution >= 0.6 is 0 Å². The maximum absolute atomic E-state index is 12.7. The minimum atomic E-state index is -0.237. The van der Waals surface area contributed by atoms with Crippen molar-refractivity contribution in [2.45, 2.75) is 44.6 Å². The molecule has 2 aliphatic heterocycles. The largest absolute Gasteiger partial charge is 0.339 e. The van der Waals surface area contributed by atoms with Crippen molar-refractivity contribution in [2.75, 3.05) is 39.3 Å². The van der Waals surface area contributed by atoms with Gasteiger partial charge in [0.2, 0.25) is 5.91 Å². The Hall–Kier alpha value is -0.610. The van der Waals surface area contributed by atoms with E-state index in [1.807, 2.05) is 0 Å². The van der Waals surface area contributed by atoms with E-state index < -0.39 is 0 Å². The number of rotatable bonds is 4. The van der Waals surface area contributed by atoms with Crippen molar-refractivity contribution < 1.29 is 4.79 Å². The van der Waals surface area contributed by atoms with Gasteiger partial charge in [0.15, 0.2) is 0 Å². The molecule has 2 heterocycles. The molecule has 1 aliphatic carbocycles. The fourth-order valence-corrected chi connectivity index (χ4v) is 3.54. The molecule has 1 saturated carbocycles. The van der Waals surface area contributed by atoms with Crippen LogP contribution < -0.4 is 5.32 Å². The third-order valence-electron chi connectivity index (χ3n) is 5.13. The van der Waals surface area contributed by atoms with Gasteiger partial charge in [0.1, 0.15) is 0 Å². The van der Waals surface area contributed by atoms with Gasteiger partial charge < -0.3 is 10.2 Å². The number of hydrogen-bond donors (Lipinski definition) is 1. The molecular weight excluding hydrogens is 238 g/mol. The maximum atomic E-state index is 12.7. The number of piperazine rings is 1. The van der Waals surface area contributed by atoms with E-state index >= 15 is 0 Å². The summed E-state index contributed by atoms with van der Waals surface area (Å²) in [5.74, 6) is 1.32. The SMILES string of the molecule is CCC1(C(=O)N2CCN(CC3CC3)CC2)CCCN1. The van der Waals surface area contributed by atoms with Gasteiger partial charge in [-0.1, -0.05) is 6.92 Å². The van der Waals surface area contributed by atoms with Gasteiger partial charge in [0.25, 0.3) is 0 Å². The number of carbonyl (C=O) groups excluding carboxylic acids is 1. The molecule has 1 atom stereocenters. The first-order chi connectivity index (χ1) is 9.23. The molecule has 1 unspecified atom stereocenters. The lowest BCUT2D eigenvalue weighted by atomic mass is 9.92. The van der Waals surface area contributed by atoms with E-state index in [1.54, 1.807) is 0 Å². The predicted molar refractivity (Wildman–Crippen MR) is 76.0 cm³/mol. The van der Waals surface area contributed by atoms with Crippen LogP contribution in [0, 0.1) is 5.92 Å². The molecule has 3 aliphatic rings. The Morgan fingerprint density at radius 1 is 1.26 bits per heavy atom. The zero-order valence-electron chi connectivity index (χ0n) is 12.2. The lowest BCUT2D eigenvalue weighted by molar-refractivity contribution is -0.139. The standard InChI is InChI=1S/C15H27N3O/c1-2-15(6-3-7-16-15)14(19)18-10-8-17(9-11-18)12-13-4-5-13/h13,16H,2-12H2,1H3. The van der Waals surface area contributed by atoms with Crippen LogP contribution in [-0.2, 0) is 4.79 Å². The molecule has 4 heteroatoms. The van der Waals surface area contributed by atoms with Crippen molar-refractivity contribution in [2.24, 2.45) is 5.92 Å². The van der Waals surface area contributed by atoms with Crippen LogP contribution in [-0.4, -0.2) is 60.5 Å². The normalized spacial score (nSPS) is 32.8. The molecule has 4 nitrogen and oxygen atoms in total. The van der Waals surface area contributed by atoms with E-state index in [0.717, 1.165) is 57.9 Å². The van der Waals surface area contributed by atoms with Gasteiger partial charge in [-0.05, 0) is 44.6 Å². The Kier molecular flexibility index (Phi) is 3.81. The first-order valence-electron chi connectivity index (χ1n) is 8.00. The molecule has 0 bridgehead atoms. The van der Waals surface area contributed by atoms with Crippen molar-refractivity contribution in [3.05, 3.63) is 0 Å². The summed E-state index contributed by atoms with van der Waals surface area (Å²) in [6.07, 6.45) is 5.92. The van der Waals surface area contributed by atoms with Crippen LogP contribution in [0.15, 0.2) is 0 Å². The lowest BCUT2D eigenvalue weighted by Gasteiger charge is -2.39. The van der Waals surface area contributed by atoms with Gasteiger partial charge in [-0.25, -0.2) is 0 Å². The molecule has 3 rings (SSSR count). The zero-order valence-corrected chi connectivity index (χ0v) is 12.2. The summed E-state index contributed by atoms with van der Waals surface area (Å²) in [5.41, 5.74) is -0.237. The highest BCUT2D eigenvalue weighted by atomic mass is 16.2. The molecule has 3 fully saturated rings. The van der Waals surface area contributed by atoms with Crippen LogP contribution in [0.3, 0.4) is 0 Å². The Bertz CT molecular complexity index is 326. The second kappa shape index (κ2) is 5.41. The summed E-state index contributed by atoms with van der Waals surface area (Å²) >= 11 is 0. The van der Waals surface area contributed by atoms with Crippen molar-refractivity contribution >= 4 is 5.91 Å². The van der Waals surface area contributed by atoms with E-state index in [1.165, 1.54) is 19.4 Å². The topological polar surface area (TPSA) is 35.6 Å². The Morgan fingerprint density at radius 2 is 2.00 bits per heavy atom. The van der Waals surface area contributed by atoms with Gasteiger partial charge >= 0.3 is 0 Å². The van der Waals surface area contributed by atoms with Crippen LogP contribution in [0.4, 0.5) is 0 Å². The molecule has 0 aromatic heterocycles. The van der Waals surface area contributed by atoms with Gasteiger partial charge in [0, 0.05) is 32.7 Å². The number of hydrogen-bond acceptors (Lipinski definition) is 3. The average Bonchev–Trinajstić information content (AvgIpc) is 3.13. The molecule has 0 radical (unpaired) electrons. The Labute approximate surface area is 116 Å². The molecule has 0 spiro atoms. The van der Waals surface area contributed by atoms with E-state index in [9.17, 15) is 4.79 Å². The summed E-state index contributed by atoms with van der Waals surface area (Å²) < 4.78 is 0. The van der Waals surface area contributed by atoms with Crippen molar-refractivity contribution in [3.8, 4) is 0 Å². The highest BCUT2D eigenvalue weighted by molar-refractivity contribution is 5.86. The maximum Gasteiger partial charge on any atom is 0.242 e. The molecule has 108 valence electrons. The quantitative estimate of drug-likeness (QED) is 0.826. The van der Waals surface area contributed by atoms with Crippen molar-refractivity contribution in [3.63, 3.8) is 0 Å². The Balaban J connectivity index is 1.53. The number of amides is 1. The third kappa shape index (κ3) is 2.79. The van der Waals surface area contributed by atoms with Crippen molar-refractivity contribution in [1.29, 1.82) is 0 Å². The minimum Gasteiger partial charge on any atom is -0.339 e. The molecule has 0 aromatic rings. The van der Waals surface area contributed by atoms with Crippen LogP contribution in [0.2, 0.25) is 0 Å². The van der Waals surface area contributed by atoms with Gasteiger partial charge in [-0.3, -0.25) is 9.69 Å². The Morgan fingerprint density at radius 3 is 2.53 bits per heavy atom. The number of carbonyl (C=O) groups is 1. The van der Waals surface area contributed by atoms with E-state index in [4.69, 9.17) is 0 Å². The highest BCUT2D eigenvalue weighted by Crippen LogP contribution is 2.30. The molecule has 19 heavy (non-hydrogen) atoms. The van der Waals surface area contributed by atoms with Crippen molar-refractivity contribution in [1.82, 2.24) is 15.1 Å². The second-order valence-electron chi connectivity index (χ2n) is 6.50. The first kappa shape index (κ1) is 13.4. The smallest absolute Gasteiger partial charge is 0.242 e. The van der Waals surface area contributed by atoms with Gasteiger partial charge in [-0.15, -0.1) is 0 Å². The summed E-state index contributed by atoms with van der Waals surface area (Å²) in [6.45, 7) is 8.40. The zero-order chi connectivity index (χ0) is 13.3. The summed E-state index contributed by atoms with van der Waals surface area (Å²) in [5, 5.41) is 3.47. The summed E-state index contributed by atoms with van der Waals surface area (Å²) in [6, 6.07) is 0. The molecule has 1 amide bonds. The first-order valence-corrected chi connectivity index (χ1v) is 8.00. The lowest BCUT2D eigenvalue weighted by Crippen LogP contribution is -2.59. The van der Waals surface area contributed by atoms with Gasteiger partial charge in [0.05, 0.1) is 5.54 Å². The summed E-state index contributed by atoms with van der Waals surface area (Å²) in [7, 11) is 0. The van der Waals surface area contributed by atoms with Crippen LogP contribution in [0.5, 0.6) is 0 Å². The molecule has 1 N–H and O–H groups in total. The average molecular weight is 265 g/mol. The molecule has 0 aromatic carbocycles. The fraction of sp³-hybridized carbons (Fsp3) is 0.933. The highest BCUT2D eigenvalue weighted by Gasteiger charge is 2.42. The number of nitrogens with zero attached hydrogens (tertiary/aromatic N) is 2. The second-order valence-corrected chi connectivity index (χ2v) is 6.50. The summed E-state index contributed by atoms with van der Waals surface area (Å²) in [4.78, 5) is 17.4. The predicted octanol–water partition coefficient (Wildman–Crippen LogP) is 1.07.